The molecule has 1 amide bonds. The van der Waals surface area contributed by atoms with E-state index in [0.717, 1.165) is 36.6 Å². The van der Waals surface area contributed by atoms with Crippen molar-refractivity contribution in [2.45, 2.75) is 32.2 Å². The summed E-state index contributed by atoms with van der Waals surface area (Å²) in [6.45, 7) is 3.17. The summed E-state index contributed by atoms with van der Waals surface area (Å²) < 4.78 is 22.8. The third-order valence-electron chi connectivity index (χ3n) is 7.41. The van der Waals surface area contributed by atoms with Gasteiger partial charge in [-0.15, -0.1) is 0 Å². The number of fused-ring (bicyclic) bond motifs is 3. The van der Waals surface area contributed by atoms with Crippen LogP contribution in [-0.2, 0) is 0 Å². The number of hydrogen-bond acceptors (Lipinski definition) is 4. The van der Waals surface area contributed by atoms with Crippen LogP contribution in [0.2, 0.25) is 0 Å². The quantitative estimate of drug-likeness (QED) is 0.405. The van der Waals surface area contributed by atoms with Crippen molar-refractivity contribution in [3.63, 3.8) is 0 Å². The first kappa shape index (κ1) is 21.8. The lowest BCUT2D eigenvalue weighted by atomic mass is 10.0. The molecule has 0 aliphatic carbocycles. The molecule has 178 valence electrons. The van der Waals surface area contributed by atoms with E-state index in [1.165, 1.54) is 6.07 Å². The molecule has 0 saturated carbocycles. The van der Waals surface area contributed by atoms with Crippen LogP contribution >= 0.6 is 0 Å². The van der Waals surface area contributed by atoms with Crippen molar-refractivity contribution in [3.05, 3.63) is 75.8 Å². The van der Waals surface area contributed by atoms with Crippen molar-refractivity contribution < 1.29 is 13.9 Å². The summed E-state index contributed by atoms with van der Waals surface area (Å²) in [6.07, 6.45) is 4.67. The van der Waals surface area contributed by atoms with Gasteiger partial charge in [0.15, 0.2) is 11.5 Å². The highest BCUT2D eigenvalue weighted by molar-refractivity contribution is 6.00. The van der Waals surface area contributed by atoms with Gasteiger partial charge in [-0.2, -0.15) is 0 Å². The number of hydrogen-bond donors (Lipinski definition) is 1. The van der Waals surface area contributed by atoms with Crippen LogP contribution in [0.15, 0.2) is 53.5 Å². The van der Waals surface area contributed by atoms with Crippen molar-refractivity contribution in [1.82, 2.24) is 14.8 Å². The van der Waals surface area contributed by atoms with Crippen molar-refractivity contribution in [3.8, 4) is 17.2 Å². The first-order valence-corrected chi connectivity index (χ1v) is 12.0. The standard InChI is InChI=1S/C28H26FN3O3/c1-16-22(29)14-20-25-27(16)35-24-13-18-7-4-3-6-17(18)12-23(24)32(25)15-21(26(20)33)28(34)30-10-9-19-8-5-11-31(19)2/h3-4,6-7,12-15,19H,5,8-11H2,1-2H3,(H,30,34). The highest BCUT2D eigenvalue weighted by Crippen LogP contribution is 2.43. The molecule has 6 rings (SSSR count). The van der Waals surface area contributed by atoms with Gasteiger partial charge in [-0.05, 0) is 68.8 Å². The first-order valence-electron chi connectivity index (χ1n) is 12.0. The second-order valence-corrected chi connectivity index (χ2v) is 9.54. The number of amides is 1. The van der Waals surface area contributed by atoms with Gasteiger partial charge in [0.1, 0.15) is 16.9 Å². The van der Waals surface area contributed by atoms with Gasteiger partial charge in [0.05, 0.1) is 11.1 Å². The number of likely N-dealkylation sites (tertiary alicyclic amines) is 1. The van der Waals surface area contributed by atoms with Crippen LogP contribution < -0.4 is 15.5 Å². The third-order valence-corrected chi connectivity index (χ3v) is 7.41. The maximum absolute atomic E-state index is 14.9. The van der Waals surface area contributed by atoms with Crippen molar-refractivity contribution in [2.75, 3.05) is 20.1 Å². The second kappa shape index (κ2) is 8.20. The van der Waals surface area contributed by atoms with Gasteiger partial charge in [0.25, 0.3) is 5.91 Å². The minimum Gasteiger partial charge on any atom is -0.453 e. The molecule has 0 radical (unpaired) electrons. The number of rotatable bonds is 4. The minimum atomic E-state index is -0.540. The fourth-order valence-corrected chi connectivity index (χ4v) is 5.38. The van der Waals surface area contributed by atoms with Gasteiger partial charge in [-0.1, -0.05) is 24.3 Å². The molecule has 0 spiro atoms. The average molecular weight is 472 g/mol. The van der Waals surface area contributed by atoms with Gasteiger partial charge in [-0.3, -0.25) is 9.59 Å². The second-order valence-electron chi connectivity index (χ2n) is 9.54. The molecular weight excluding hydrogens is 445 g/mol. The molecule has 3 heterocycles. The van der Waals surface area contributed by atoms with Gasteiger partial charge in [-0.25, -0.2) is 4.39 Å². The van der Waals surface area contributed by atoms with Crippen LogP contribution in [-0.4, -0.2) is 41.6 Å². The molecule has 0 bridgehead atoms. The lowest BCUT2D eigenvalue weighted by Gasteiger charge is -2.26. The number of nitrogens with zero attached hydrogens (tertiary/aromatic N) is 2. The molecule has 1 saturated heterocycles. The summed E-state index contributed by atoms with van der Waals surface area (Å²) in [7, 11) is 2.09. The molecule has 1 aromatic heterocycles. The zero-order valence-corrected chi connectivity index (χ0v) is 19.7. The summed E-state index contributed by atoms with van der Waals surface area (Å²) in [5.41, 5.74) is 0.990. The Labute approximate surface area is 201 Å². The molecule has 35 heavy (non-hydrogen) atoms. The number of ether oxygens (including phenoxy) is 1. The Morgan fingerprint density at radius 1 is 1.20 bits per heavy atom. The topological polar surface area (TPSA) is 63.6 Å². The Hall–Kier alpha value is -3.71. The van der Waals surface area contributed by atoms with Gasteiger partial charge < -0.3 is 19.5 Å². The summed E-state index contributed by atoms with van der Waals surface area (Å²) in [4.78, 5) is 28.8. The summed E-state index contributed by atoms with van der Waals surface area (Å²) in [5.74, 6) is -0.138. The Balaban J connectivity index is 1.47. The van der Waals surface area contributed by atoms with Crippen LogP contribution in [0.1, 0.15) is 35.2 Å². The normalized spacial score (nSPS) is 16.9. The van der Waals surface area contributed by atoms with E-state index in [9.17, 15) is 14.0 Å². The number of pyridine rings is 1. The van der Waals surface area contributed by atoms with E-state index in [0.29, 0.717) is 40.9 Å². The molecule has 2 aliphatic heterocycles. The van der Waals surface area contributed by atoms with Crippen LogP contribution in [0.5, 0.6) is 11.5 Å². The monoisotopic (exact) mass is 471 g/mol. The largest absolute Gasteiger partial charge is 0.453 e. The smallest absolute Gasteiger partial charge is 0.256 e. The maximum Gasteiger partial charge on any atom is 0.256 e. The van der Waals surface area contributed by atoms with Gasteiger partial charge in [0, 0.05) is 24.3 Å². The fourth-order valence-electron chi connectivity index (χ4n) is 5.38. The molecule has 1 atom stereocenters. The SMILES string of the molecule is Cc1c(F)cc2c(=O)c(C(=O)NCCC3CCCN3C)cn3c2c1Oc1cc2ccccc2cc1-3. The third kappa shape index (κ3) is 3.49. The van der Waals surface area contributed by atoms with E-state index in [1.807, 2.05) is 36.4 Å². The Bertz CT molecular complexity index is 1580. The van der Waals surface area contributed by atoms with Crippen molar-refractivity contribution in [2.24, 2.45) is 0 Å². The fraction of sp³-hybridized carbons (Fsp3) is 0.286. The zero-order valence-electron chi connectivity index (χ0n) is 19.7. The Morgan fingerprint density at radius 2 is 1.97 bits per heavy atom. The van der Waals surface area contributed by atoms with E-state index in [4.69, 9.17) is 4.74 Å². The summed E-state index contributed by atoms with van der Waals surface area (Å²) >= 11 is 0. The van der Waals surface area contributed by atoms with E-state index >= 15 is 0 Å². The minimum absolute atomic E-state index is 0.00696. The van der Waals surface area contributed by atoms with Crippen LogP contribution in [0.25, 0.3) is 27.4 Å². The number of benzene rings is 3. The van der Waals surface area contributed by atoms with Crippen LogP contribution in [0.4, 0.5) is 4.39 Å². The van der Waals surface area contributed by atoms with Crippen LogP contribution in [0.3, 0.4) is 0 Å². The molecule has 4 aromatic rings. The number of aromatic nitrogens is 1. The average Bonchev–Trinajstić information content (AvgIpc) is 3.26. The molecular formula is C28H26FN3O3. The van der Waals surface area contributed by atoms with E-state index < -0.39 is 17.2 Å². The molecule has 1 fully saturated rings. The maximum atomic E-state index is 14.9. The number of nitrogens with one attached hydrogen (secondary N) is 1. The van der Waals surface area contributed by atoms with Crippen LogP contribution in [0, 0.1) is 12.7 Å². The first-order chi connectivity index (χ1) is 16.9. The zero-order chi connectivity index (χ0) is 24.3. The van der Waals surface area contributed by atoms with E-state index in [1.54, 1.807) is 17.7 Å². The van der Waals surface area contributed by atoms with Crippen molar-refractivity contribution >= 4 is 27.6 Å². The summed E-state index contributed by atoms with van der Waals surface area (Å²) in [5, 5.41) is 5.02. The molecule has 3 aromatic carbocycles. The van der Waals surface area contributed by atoms with E-state index in [-0.39, 0.29) is 10.9 Å². The molecule has 1 N–H and O–H groups in total. The predicted molar refractivity (Wildman–Crippen MR) is 134 cm³/mol. The van der Waals surface area contributed by atoms with E-state index in [2.05, 4.69) is 17.3 Å². The Kier molecular flexibility index (Phi) is 5.11. The highest BCUT2D eigenvalue weighted by atomic mass is 19.1. The van der Waals surface area contributed by atoms with Crippen molar-refractivity contribution in [1.29, 1.82) is 0 Å². The lowest BCUT2D eigenvalue weighted by molar-refractivity contribution is 0.0949. The molecule has 7 heteroatoms. The van der Waals surface area contributed by atoms with Gasteiger partial charge >= 0.3 is 0 Å². The lowest BCUT2D eigenvalue weighted by Crippen LogP contribution is -2.34. The molecule has 1 unspecified atom stereocenters. The highest BCUT2D eigenvalue weighted by Gasteiger charge is 2.28. The molecule has 6 nitrogen and oxygen atoms in total. The predicted octanol–water partition coefficient (Wildman–Crippen LogP) is 4.91. The number of carbonyl (C=O) groups is 1. The Morgan fingerprint density at radius 3 is 2.71 bits per heavy atom. The number of halogens is 1. The van der Waals surface area contributed by atoms with Gasteiger partial charge in [0.2, 0.25) is 5.43 Å². The summed E-state index contributed by atoms with van der Waals surface area (Å²) in [6, 6.07) is 13.4. The number of carbonyl (C=O) groups excluding carboxylic acids is 1. The molecule has 2 aliphatic rings.